The summed E-state index contributed by atoms with van der Waals surface area (Å²) in [6.45, 7) is 3.97. The number of anilines is 1. The highest BCUT2D eigenvalue weighted by atomic mass is 16.5. The Kier molecular flexibility index (Phi) is 6.88. The molecule has 1 aromatic carbocycles. The minimum Gasteiger partial charge on any atom is -0.491 e. The van der Waals surface area contributed by atoms with E-state index in [2.05, 4.69) is 11.8 Å². The van der Waals surface area contributed by atoms with Gasteiger partial charge in [0.25, 0.3) is 5.56 Å². The Labute approximate surface area is 192 Å². The van der Waals surface area contributed by atoms with Crippen LogP contribution in [0.15, 0.2) is 33.9 Å². The topological polar surface area (TPSA) is 94.5 Å². The van der Waals surface area contributed by atoms with Crippen LogP contribution in [0.1, 0.15) is 38.2 Å². The highest BCUT2D eigenvalue weighted by molar-refractivity contribution is 5.74. The summed E-state index contributed by atoms with van der Waals surface area (Å²) in [4.78, 5) is 32.4. The highest BCUT2D eigenvalue weighted by Crippen LogP contribution is 2.23. The van der Waals surface area contributed by atoms with E-state index in [-0.39, 0.29) is 13.2 Å². The second-order valence-corrected chi connectivity index (χ2v) is 8.76. The Morgan fingerprint density at radius 1 is 1.03 bits per heavy atom. The number of aromatic nitrogens is 4. The fourth-order valence-electron chi connectivity index (χ4n) is 4.40. The van der Waals surface area contributed by atoms with E-state index in [1.54, 1.807) is 11.6 Å². The van der Waals surface area contributed by atoms with E-state index in [1.165, 1.54) is 17.2 Å². The van der Waals surface area contributed by atoms with Crippen LogP contribution in [0.2, 0.25) is 0 Å². The summed E-state index contributed by atoms with van der Waals surface area (Å²) in [5.74, 6) is 1.31. The molecule has 1 N–H and O–H groups in total. The van der Waals surface area contributed by atoms with E-state index in [4.69, 9.17) is 9.72 Å². The van der Waals surface area contributed by atoms with Crippen molar-refractivity contribution in [1.82, 2.24) is 18.7 Å². The van der Waals surface area contributed by atoms with Crippen molar-refractivity contribution >= 4 is 17.1 Å². The van der Waals surface area contributed by atoms with Crippen LogP contribution in [0.5, 0.6) is 5.75 Å². The molecule has 9 nitrogen and oxygen atoms in total. The minimum atomic E-state index is -0.860. The van der Waals surface area contributed by atoms with Gasteiger partial charge in [-0.05, 0) is 37.0 Å². The first-order valence-electron chi connectivity index (χ1n) is 11.7. The summed E-state index contributed by atoms with van der Waals surface area (Å²) < 4.78 is 10.0. The molecule has 0 spiro atoms. The van der Waals surface area contributed by atoms with Gasteiger partial charge in [-0.3, -0.25) is 13.9 Å². The molecule has 0 aliphatic carbocycles. The first-order chi connectivity index (χ1) is 15.9. The zero-order valence-electron chi connectivity index (χ0n) is 19.7. The lowest BCUT2D eigenvalue weighted by Crippen LogP contribution is -2.38. The molecule has 4 rings (SSSR count). The monoisotopic (exact) mass is 455 g/mol. The SMILES string of the molecule is CCc1ccc(OCC(O)Cn2c(N3CCCCCC3)nc3c2c(=O)n(C)c(=O)n3C)cc1. The number of ether oxygens (including phenoxy) is 1. The van der Waals surface area contributed by atoms with Crippen LogP contribution >= 0.6 is 0 Å². The molecule has 2 aromatic heterocycles. The third-order valence-corrected chi connectivity index (χ3v) is 6.38. The lowest BCUT2D eigenvalue weighted by atomic mass is 10.2. The summed E-state index contributed by atoms with van der Waals surface area (Å²) in [6.07, 6.45) is 4.49. The van der Waals surface area contributed by atoms with Crippen LogP contribution in [0, 0.1) is 0 Å². The van der Waals surface area contributed by atoms with Crippen molar-refractivity contribution in [2.24, 2.45) is 14.1 Å². The molecule has 33 heavy (non-hydrogen) atoms. The van der Waals surface area contributed by atoms with Crippen molar-refractivity contribution < 1.29 is 9.84 Å². The molecule has 1 unspecified atom stereocenters. The molecule has 1 aliphatic heterocycles. The van der Waals surface area contributed by atoms with E-state index in [1.807, 2.05) is 24.3 Å². The van der Waals surface area contributed by atoms with E-state index in [0.717, 1.165) is 49.8 Å². The van der Waals surface area contributed by atoms with Gasteiger partial charge in [-0.15, -0.1) is 0 Å². The maximum absolute atomic E-state index is 13.1. The number of imidazole rings is 1. The zero-order valence-corrected chi connectivity index (χ0v) is 19.7. The Bertz CT molecular complexity index is 1220. The Hall–Kier alpha value is -3.07. The molecule has 3 aromatic rings. The van der Waals surface area contributed by atoms with Gasteiger partial charge in [-0.25, -0.2) is 4.79 Å². The molecule has 1 saturated heterocycles. The number of rotatable bonds is 7. The van der Waals surface area contributed by atoms with Crippen LogP contribution in [0.4, 0.5) is 5.95 Å². The number of aryl methyl sites for hydroxylation is 2. The van der Waals surface area contributed by atoms with Gasteiger partial charge in [0.2, 0.25) is 5.95 Å². The average Bonchev–Trinajstić information content (AvgIpc) is 2.99. The van der Waals surface area contributed by atoms with Crippen molar-refractivity contribution in [1.29, 1.82) is 0 Å². The second kappa shape index (κ2) is 9.82. The van der Waals surface area contributed by atoms with Gasteiger partial charge in [-0.2, -0.15) is 4.98 Å². The largest absolute Gasteiger partial charge is 0.491 e. The predicted octanol–water partition coefficient (Wildman–Crippen LogP) is 1.82. The summed E-state index contributed by atoms with van der Waals surface area (Å²) in [5, 5.41) is 10.8. The molecule has 9 heteroatoms. The molecule has 0 radical (unpaired) electrons. The molecule has 178 valence electrons. The molecule has 1 atom stereocenters. The average molecular weight is 456 g/mol. The van der Waals surface area contributed by atoms with Gasteiger partial charge >= 0.3 is 5.69 Å². The maximum Gasteiger partial charge on any atom is 0.332 e. The van der Waals surface area contributed by atoms with Crippen LogP contribution in [0.25, 0.3) is 11.2 Å². The van der Waals surface area contributed by atoms with Crippen LogP contribution in [-0.4, -0.2) is 49.6 Å². The number of aliphatic hydroxyl groups excluding tert-OH is 1. The normalized spacial score (nSPS) is 15.6. The van der Waals surface area contributed by atoms with Crippen LogP contribution in [0.3, 0.4) is 0 Å². The van der Waals surface area contributed by atoms with Crippen molar-refractivity contribution in [2.45, 2.75) is 51.7 Å². The van der Waals surface area contributed by atoms with Crippen molar-refractivity contribution in [2.75, 3.05) is 24.6 Å². The third-order valence-electron chi connectivity index (χ3n) is 6.38. The first kappa shape index (κ1) is 23.1. The fourth-order valence-corrected chi connectivity index (χ4v) is 4.40. The number of hydrogen-bond donors (Lipinski definition) is 1. The predicted molar refractivity (Wildman–Crippen MR) is 128 cm³/mol. The molecule has 1 aliphatic rings. The molecule has 1 fully saturated rings. The quantitative estimate of drug-likeness (QED) is 0.584. The van der Waals surface area contributed by atoms with Gasteiger partial charge in [0.05, 0.1) is 6.54 Å². The third kappa shape index (κ3) is 4.68. The van der Waals surface area contributed by atoms with Crippen molar-refractivity contribution in [3.63, 3.8) is 0 Å². The summed E-state index contributed by atoms with van der Waals surface area (Å²) in [5.41, 5.74) is 1.05. The van der Waals surface area contributed by atoms with E-state index >= 15 is 0 Å². The number of hydrogen-bond acceptors (Lipinski definition) is 6. The molecular formula is C24H33N5O4. The Morgan fingerprint density at radius 3 is 2.33 bits per heavy atom. The van der Waals surface area contributed by atoms with Crippen molar-refractivity contribution in [3.05, 3.63) is 50.7 Å². The standard InChI is InChI=1S/C24H33N5O4/c1-4-17-9-11-19(12-10-17)33-16-18(30)15-29-20-21(26(2)24(32)27(3)22(20)31)25-23(29)28-13-7-5-6-8-14-28/h9-12,18,30H,4-8,13-16H2,1-3H3. The second-order valence-electron chi connectivity index (χ2n) is 8.76. The molecule has 3 heterocycles. The number of nitrogens with zero attached hydrogens (tertiary/aromatic N) is 5. The lowest BCUT2D eigenvalue weighted by Gasteiger charge is -2.23. The number of benzene rings is 1. The highest BCUT2D eigenvalue weighted by Gasteiger charge is 2.25. The summed E-state index contributed by atoms with van der Waals surface area (Å²) in [7, 11) is 3.08. The summed E-state index contributed by atoms with van der Waals surface area (Å²) in [6, 6.07) is 7.80. The molecule has 0 amide bonds. The molecule has 0 saturated carbocycles. The van der Waals surface area contributed by atoms with Crippen molar-refractivity contribution in [3.8, 4) is 5.75 Å². The Balaban J connectivity index is 1.67. The first-order valence-corrected chi connectivity index (χ1v) is 11.7. The van der Waals surface area contributed by atoms with Gasteiger partial charge < -0.3 is 19.3 Å². The number of aliphatic hydroxyl groups is 1. The minimum absolute atomic E-state index is 0.0800. The van der Waals surface area contributed by atoms with Gasteiger partial charge in [0.15, 0.2) is 11.2 Å². The summed E-state index contributed by atoms with van der Waals surface area (Å²) >= 11 is 0. The van der Waals surface area contributed by atoms with E-state index in [9.17, 15) is 14.7 Å². The van der Waals surface area contributed by atoms with Crippen LogP contribution < -0.4 is 20.9 Å². The molecule has 0 bridgehead atoms. The van der Waals surface area contributed by atoms with Gasteiger partial charge in [0, 0.05) is 27.2 Å². The van der Waals surface area contributed by atoms with Gasteiger partial charge in [-0.1, -0.05) is 31.9 Å². The molecular weight excluding hydrogens is 422 g/mol. The smallest absolute Gasteiger partial charge is 0.332 e. The Morgan fingerprint density at radius 2 is 1.70 bits per heavy atom. The maximum atomic E-state index is 13.1. The lowest BCUT2D eigenvalue weighted by molar-refractivity contribution is 0.0936. The fraction of sp³-hybridized carbons (Fsp3) is 0.542. The van der Waals surface area contributed by atoms with E-state index < -0.39 is 17.4 Å². The number of fused-ring (bicyclic) bond motifs is 1. The van der Waals surface area contributed by atoms with Crippen LogP contribution in [-0.2, 0) is 27.1 Å². The van der Waals surface area contributed by atoms with Gasteiger partial charge in [0.1, 0.15) is 18.5 Å². The zero-order chi connectivity index (χ0) is 23.5. The van der Waals surface area contributed by atoms with E-state index in [0.29, 0.717) is 22.9 Å².